The Morgan fingerprint density at radius 3 is 2.25 bits per heavy atom. The third-order valence-corrected chi connectivity index (χ3v) is 17.0. The predicted octanol–water partition coefficient (Wildman–Crippen LogP) is 4.31. The molecule has 20 nitrogen and oxygen atoms in total. The summed E-state index contributed by atoms with van der Waals surface area (Å²) in [6.07, 6.45) is -10.1. The minimum Gasteiger partial charge on any atom is -0.459 e. The minimum atomic E-state index is -1.89. The highest BCUT2D eigenvalue weighted by Gasteiger charge is 2.53. The number of carbonyl (C=O) groups excluding carboxylic acids is 3. The smallest absolute Gasteiger partial charge is 0.330 e. The van der Waals surface area contributed by atoms with E-state index in [-0.39, 0.29) is 36.6 Å². The molecule has 3 heterocycles. The zero-order valence-corrected chi connectivity index (χ0v) is 45.8. The van der Waals surface area contributed by atoms with Crippen molar-refractivity contribution in [2.45, 2.75) is 203 Å². The molecule has 19 atom stereocenters. The third-order valence-electron chi connectivity index (χ3n) is 14.5. The predicted molar refractivity (Wildman–Crippen MR) is 267 cm³/mol. The number of methoxy groups -OCH3 is 1. The van der Waals surface area contributed by atoms with E-state index in [9.17, 15) is 44.9 Å². The molecule has 3 aliphatic heterocycles. The Labute approximate surface area is 427 Å². The van der Waals surface area contributed by atoms with Gasteiger partial charge in [-0.05, 0) is 101 Å². The summed E-state index contributed by atoms with van der Waals surface area (Å²) in [6.45, 7) is 18.7. The lowest BCUT2D eigenvalue weighted by Crippen LogP contribution is -2.61. The van der Waals surface area contributed by atoms with Crippen LogP contribution >= 0.6 is 21.6 Å². The van der Waals surface area contributed by atoms with Crippen molar-refractivity contribution in [3.05, 3.63) is 34.4 Å². The van der Waals surface area contributed by atoms with E-state index >= 15 is 0 Å². The number of hydrogen-bond donors (Lipinski definition) is 5. The first kappa shape index (κ1) is 60.8. The van der Waals surface area contributed by atoms with Crippen molar-refractivity contribution in [3.8, 4) is 0 Å². The van der Waals surface area contributed by atoms with Gasteiger partial charge in [-0.15, -0.1) is 0 Å². The highest BCUT2D eigenvalue weighted by Crippen LogP contribution is 2.42. The molecule has 0 saturated carbocycles. The summed E-state index contributed by atoms with van der Waals surface area (Å²) in [6, 6.07) is 3.84. The fourth-order valence-electron chi connectivity index (χ4n) is 10.3. The van der Waals surface area contributed by atoms with Crippen LogP contribution in [0.5, 0.6) is 0 Å². The molecule has 0 spiro atoms. The van der Waals surface area contributed by atoms with Crippen molar-refractivity contribution in [2.24, 2.45) is 17.8 Å². The van der Waals surface area contributed by atoms with Gasteiger partial charge in [-0.2, -0.15) is 0 Å². The van der Waals surface area contributed by atoms with Crippen molar-refractivity contribution in [3.63, 3.8) is 0 Å². The van der Waals surface area contributed by atoms with Gasteiger partial charge in [0.05, 0.1) is 57.4 Å². The molecule has 0 bridgehead atoms. The normalized spacial score (nSPS) is 39.7. The minimum absolute atomic E-state index is 0.0318. The number of carbonyl (C=O) groups is 3. The Kier molecular flexibility index (Phi) is 22.0. The van der Waals surface area contributed by atoms with Crippen LogP contribution in [0, 0.1) is 27.9 Å². The van der Waals surface area contributed by atoms with E-state index < -0.39 is 131 Å². The van der Waals surface area contributed by atoms with Crippen LogP contribution in [0.2, 0.25) is 0 Å². The van der Waals surface area contributed by atoms with Crippen molar-refractivity contribution in [1.82, 2.24) is 15.1 Å². The van der Waals surface area contributed by atoms with Crippen LogP contribution in [-0.4, -0.2) is 190 Å². The Morgan fingerprint density at radius 1 is 1.01 bits per heavy atom. The lowest BCUT2D eigenvalue weighted by Gasteiger charge is -2.49. The van der Waals surface area contributed by atoms with E-state index in [2.05, 4.69) is 5.32 Å². The standard InChI is InChI=1S/C49H82N4O16S2/c1-16-37-49(11,60)41(55)30(6)52(14)24-26(2)22-47(9,59)43(28(4)39(29(5)44(57)66-37)67-38-23-48(10,63-15)42(56)31(7)65-38)69-46-40(35(51(12)13)21-27(3)64-46)68-45(58)33(50-32(8)54)25-70-71-36-20-18-17-19-34(36)53(61)62/h17-20,26-31,33,35,37-43,46,55-56,59-60H,16,21-25H2,1-15H3,(H,50,54)/t26-,27-,28+,29-,30-,31+,33+,35+,37-,38+,39+,40-,41-,42+,43-,46+,47-,48-,49-/m1/s1. The monoisotopic (exact) mass is 1050 g/mol. The number of nitrogens with zero attached hydrogens (tertiary/aromatic N) is 3. The van der Waals surface area contributed by atoms with Crippen molar-refractivity contribution in [2.75, 3.05) is 40.6 Å². The van der Waals surface area contributed by atoms with Gasteiger partial charge in [0.15, 0.2) is 18.7 Å². The number of nitro benzene ring substituents is 1. The van der Waals surface area contributed by atoms with Crippen LogP contribution in [0.4, 0.5) is 5.69 Å². The summed E-state index contributed by atoms with van der Waals surface area (Å²) in [4.78, 5) is 56.8. The molecule has 0 aliphatic carbocycles. The van der Waals surface area contributed by atoms with Gasteiger partial charge in [-0.3, -0.25) is 19.7 Å². The summed E-state index contributed by atoms with van der Waals surface area (Å²) in [5.74, 6) is -4.48. The van der Waals surface area contributed by atoms with Gasteiger partial charge in [-0.1, -0.05) is 54.5 Å². The Morgan fingerprint density at radius 2 is 1.66 bits per heavy atom. The third kappa shape index (κ3) is 15.2. The molecule has 3 saturated heterocycles. The van der Waals surface area contributed by atoms with Crippen molar-refractivity contribution < 1.29 is 72.9 Å². The second-order valence-electron chi connectivity index (χ2n) is 20.9. The average molecular weight is 1050 g/mol. The second kappa shape index (κ2) is 25.7. The Hall–Kier alpha value is -2.71. The number of ether oxygens (including phenoxy) is 7. The molecule has 1 amide bonds. The van der Waals surface area contributed by atoms with Gasteiger partial charge in [0, 0.05) is 50.8 Å². The Bertz CT molecular complexity index is 1930. The van der Waals surface area contributed by atoms with E-state index in [0.717, 1.165) is 21.6 Å². The number of para-hydroxylation sites is 1. The van der Waals surface area contributed by atoms with Crippen molar-refractivity contribution in [1.29, 1.82) is 0 Å². The number of amides is 1. The van der Waals surface area contributed by atoms with Crippen LogP contribution in [0.1, 0.15) is 102 Å². The average Bonchev–Trinajstić information content (AvgIpc) is 3.29. The molecule has 1 aromatic carbocycles. The maximum absolute atomic E-state index is 14.6. The largest absolute Gasteiger partial charge is 0.459 e. The molecule has 0 aromatic heterocycles. The summed E-state index contributed by atoms with van der Waals surface area (Å²) in [5.41, 5.74) is -4.86. The number of nitrogens with one attached hydrogen (secondary N) is 1. The van der Waals surface area contributed by atoms with Crippen LogP contribution in [0.25, 0.3) is 0 Å². The van der Waals surface area contributed by atoms with Crippen molar-refractivity contribution >= 4 is 45.1 Å². The highest BCUT2D eigenvalue weighted by molar-refractivity contribution is 8.76. The Balaban J connectivity index is 1.83. The molecule has 0 radical (unpaired) electrons. The number of hydrogen-bond acceptors (Lipinski definition) is 20. The zero-order chi connectivity index (χ0) is 53.5. The number of benzene rings is 1. The second-order valence-corrected chi connectivity index (χ2v) is 23.3. The van der Waals surface area contributed by atoms with E-state index in [1.807, 2.05) is 37.7 Å². The number of rotatable bonds is 15. The van der Waals surface area contributed by atoms with Gasteiger partial charge in [0.1, 0.15) is 30.0 Å². The van der Waals surface area contributed by atoms with Gasteiger partial charge in [0.2, 0.25) is 5.91 Å². The topological polar surface area (TPSA) is 258 Å². The fraction of sp³-hybridized carbons (Fsp3) is 0.816. The molecule has 3 aliphatic rings. The molecule has 1 aromatic rings. The lowest BCUT2D eigenvalue weighted by atomic mass is 9.77. The number of nitro groups is 1. The first-order valence-corrected chi connectivity index (χ1v) is 26.9. The molecule has 22 heteroatoms. The van der Waals surface area contributed by atoms with E-state index in [1.54, 1.807) is 73.7 Å². The van der Waals surface area contributed by atoms with Crippen LogP contribution in [0.15, 0.2) is 29.2 Å². The summed E-state index contributed by atoms with van der Waals surface area (Å²) in [5, 5.41) is 62.1. The zero-order valence-electron chi connectivity index (χ0n) is 44.1. The molecule has 0 unspecified atom stereocenters. The van der Waals surface area contributed by atoms with Gasteiger partial charge < -0.3 is 68.7 Å². The molecule has 3 fully saturated rings. The van der Waals surface area contributed by atoms with Gasteiger partial charge in [-0.25, -0.2) is 4.79 Å². The van der Waals surface area contributed by atoms with Crippen LogP contribution in [-0.2, 0) is 47.5 Å². The quantitative estimate of drug-likeness (QED) is 0.0710. The number of esters is 2. The molecular formula is C49H82N4O16S2. The number of cyclic esters (lactones) is 1. The SMILES string of the molecule is CC[C@H]1OC(=O)[C@H](C)[C@@H](O[C@H]2C[C@@](C)(OC)[C@@H](O)[C@H](C)O2)[C@H](C)[C@@H](O[C@@H]2O[C@H](C)C[C@H](N(C)C)[C@H]2OC(=O)[C@H](CSSc2ccccc2[N+](=O)[O-])NC(C)=O)[C@](C)(O)C[C@@H](C)CN(C)[C@H](C)[C@@H](O)[C@]1(C)O. The first-order chi connectivity index (χ1) is 33.0. The van der Waals surface area contributed by atoms with Crippen LogP contribution < -0.4 is 5.32 Å². The fourth-order valence-corrected chi connectivity index (χ4v) is 12.7. The van der Waals surface area contributed by atoms with E-state index in [0.29, 0.717) is 17.9 Å². The lowest BCUT2D eigenvalue weighted by molar-refractivity contribution is -0.387. The van der Waals surface area contributed by atoms with Crippen LogP contribution in [0.3, 0.4) is 0 Å². The van der Waals surface area contributed by atoms with E-state index in [1.165, 1.54) is 27.0 Å². The maximum Gasteiger partial charge on any atom is 0.330 e. The molecule has 71 heavy (non-hydrogen) atoms. The highest BCUT2D eigenvalue weighted by atomic mass is 33.1. The molecular weight excluding hydrogens is 965 g/mol. The van der Waals surface area contributed by atoms with Gasteiger partial charge >= 0.3 is 11.9 Å². The summed E-state index contributed by atoms with van der Waals surface area (Å²) < 4.78 is 44.9. The number of aliphatic hydroxyl groups is 4. The molecule has 5 N–H and O–H groups in total. The molecule has 4 rings (SSSR count). The number of likely N-dealkylation sites (N-methyl/N-ethyl adjacent to an activating group) is 2. The van der Waals surface area contributed by atoms with Gasteiger partial charge in [0.25, 0.3) is 5.69 Å². The van der Waals surface area contributed by atoms with E-state index in [4.69, 9.17) is 33.2 Å². The maximum atomic E-state index is 14.6. The summed E-state index contributed by atoms with van der Waals surface area (Å²) >= 11 is 0. The summed E-state index contributed by atoms with van der Waals surface area (Å²) in [7, 11) is 9.11. The molecule has 406 valence electrons. The first-order valence-electron chi connectivity index (χ1n) is 24.5. The number of aliphatic hydroxyl groups excluding tert-OH is 2.